The number of carbonyl (C=O) groups excluding carboxylic acids is 1. The molecule has 1 aromatic rings. The van der Waals surface area contributed by atoms with E-state index in [2.05, 4.69) is 30.1 Å². The smallest absolute Gasteiger partial charge is 0.313 e. The lowest BCUT2D eigenvalue weighted by atomic mass is 9.76. The van der Waals surface area contributed by atoms with Crippen LogP contribution in [0.2, 0.25) is 0 Å². The van der Waals surface area contributed by atoms with Crippen molar-refractivity contribution in [1.29, 1.82) is 0 Å². The lowest BCUT2D eigenvalue weighted by molar-refractivity contribution is -0.155. The quantitative estimate of drug-likeness (QED) is 0.752. The Kier molecular flexibility index (Phi) is 3.44. The van der Waals surface area contributed by atoms with E-state index in [0.29, 0.717) is 0 Å². The first-order chi connectivity index (χ1) is 8.48. The Hall–Kier alpha value is -1.35. The number of esters is 1. The molecular weight excluding hydrogens is 226 g/mol. The molecule has 1 unspecified atom stereocenters. The van der Waals surface area contributed by atoms with Crippen LogP contribution in [-0.2, 0) is 16.0 Å². The number of rotatable bonds is 2. The van der Waals surface area contributed by atoms with Crippen LogP contribution in [0.4, 0.5) is 0 Å². The van der Waals surface area contributed by atoms with Crippen LogP contribution < -0.4 is 0 Å². The Balaban J connectivity index is 2.46. The van der Waals surface area contributed by atoms with Gasteiger partial charge in [0.25, 0.3) is 0 Å². The van der Waals surface area contributed by atoms with Gasteiger partial charge in [0.1, 0.15) is 0 Å². The van der Waals surface area contributed by atoms with Gasteiger partial charge in [-0.2, -0.15) is 0 Å². The van der Waals surface area contributed by atoms with Crippen molar-refractivity contribution in [3.63, 3.8) is 0 Å². The largest absolute Gasteiger partial charge is 0.469 e. The molecule has 1 atom stereocenters. The van der Waals surface area contributed by atoms with E-state index in [1.165, 1.54) is 18.2 Å². The molecule has 1 heterocycles. The van der Waals surface area contributed by atoms with Gasteiger partial charge in [-0.15, -0.1) is 0 Å². The van der Waals surface area contributed by atoms with Crippen molar-refractivity contribution < 1.29 is 9.53 Å². The van der Waals surface area contributed by atoms with Gasteiger partial charge in [0.2, 0.25) is 0 Å². The Bertz CT molecular complexity index is 454. The second-order valence-corrected chi connectivity index (χ2v) is 5.55. The van der Waals surface area contributed by atoms with Gasteiger partial charge in [-0.1, -0.05) is 24.3 Å². The summed E-state index contributed by atoms with van der Waals surface area (Å²) in [5.41, 5.74) is 2.05. The number of methoxy groups -OCH3 is 1. The van der Waals surface area contributed by atoms with Crippen LogP contribution in [0.25, 0.3) is 0 Å². The third kappa shape index (κ3) is 2.03. The minimum absolute atomic E-state index is 0.0786. The average Bonchev–Trinajstić information content (AvgIpc) is 2.37. The molecular formula is C15H21NO2. The van der Waals surface area contributed by atoms with Gasteiger partial charge < -0.3 is 4.74 Å². The molecule has 0 bridgehead atoms. The average molecular weight is 247 g/mol. The fraction of sp³-hybridized carbons (Fsp3) is 0.533. The highest BCUT2D eigenvalue weighted by Crippen LogP contribution is 2.42. The topological polar surface area (TPSA) is 29.5 Å². The van der Waals surface area contributed by atoms with Gasteiger partial charge in [-0.3, -0.25) is 9.69 Å². The molecule has 0 spiro atoms. The highest BCUT2D eigenvalue weighted by molar-refractivity contribution is 5.77. The van der Waals surface area contributed by atoms with Crippen LogP contribution in [0, 0.1) is 5.41 Å². The number of hydrogen-bond donors (Lipinski definition) is 0. The molecule has 3 nitrogen and oxygen atoms in total. The first-order valence-electron chi connectivity index (χ1n) is 6.35. The van der Waals surface area contributed by atoms with E-state index in [1.54, 1.807) is 0 Å². The Labute approximate surface area is 109 Å². The molecule has 0 amide bonds. The molecule has 0 aromatic heterocycles. The minimum Gasteiger partial charge on any atom is -0.469 e. The van der Waals surface area contributed by atoms with Gasteiger partial charge in [-0.05, 0) is 38.4 Å². The summed E-state index contributed by atoms with van der Waals surface area (Å²) in [6, 6.07) is 8.46. The third-order valence-electron chi connectivity index (χ3n) is 3.92. The van der Waals surface area contributed by atoms with E-state index >= 15 is 0 Å². The van der Waals surface area contributed by atoms with Crippen LogP contribution in [0.15, 0.2) is 24.3 Å². The van der Waals surface area contributed by atoms with Gasteiger partial charge in [0, 0.05) is 6.54 Å². The highest BCUT2D eigenvalue weighted by atomic mass is 16.5. The molecule has 1 aliphatic rings. The zero-order valence-electron chi connectivity index (χ0n) is 11.6. The highest BCUT2D eigenvalue weighted by Gasteiger charge is 2.43. The number of likely N-dealkylation sites (N-methyl/N-ethyl adjacent to an activating group) is 1. The summed E-state index contributed by atoms with van der Waals surface area (Å²) in [6.45, 7) is 4.90. The SMILES string of the molecule is COC(=O)C(C)(C)C1c2ccccc2CCN1C. The number of fused-ring (bicyclic) bond motifs is 1. The number of ether oxygens (including phenoxy) is 1. The minimum atomic E-state index is -0.542. The van der Waals surface area contributed by atoms with E-state index in [0.717, 1.165) is 13.0 Å². The molecule has 1 aromatic carbocycles. The Morgan fingerprint density at radius 3 is 2.72 bits per heavy atom. The maximum atomic E-state index is 12.0. The van der Waals surface area contributed by atoms with E-state index in [1.807, 2.05) is 19.9 Å². The second kappa shape index (κ2) is 4.73. The fourth-order valence-corrected chi connectivity index (χ4v) is 3.01. The first kappa shape index (κ1) is 13.1. The van der Waals surface area contributed by atoms with E-state index in [-0.39, 0.29) is 12.0 Å². The summed E-state index contributed by atoms with van der Waals surface area (Å²) < 4.78 is 4.97. The molecule has 0 saturated carbocycles. The lowest BCUT2D eigenvalue weighted by Crippen LogP contribution is -2.44. The second-order valence-electron chi connectivity index (χ2n) is 5.55. The summed E-state index contributed by atoms with van der Waals surface area (Å²) in [4.78, 5) is 14.3. The first-order valence-corrected chi connectivity index (χ1v) is 6.35. The van der Waals surface area contributed by atoms with Crippen LogP contribution in [0.1, 0.15) is 31.0 Å². The number of nitrogens with zero attached hydrogens (tertiary/aromatic N) is 1. The molecule has 2 rings (SSSR count). The molecule has 0 fully saturated rings. The van der Waals surface area contributed by atoms with Crippen molar-refractivity contribution >= 4 is 5.97 Å². The molecule has 3 heteroatoms. The van der Waals surface area contributed by atoms with Gasteiger partial charge in [-0.25, -0.2) is 0 Å². The van der Waals surface area contributed by atoms with Gasteiger partial charge in [0.05, 0.1) is 18.6 Å². The summed E-state index contributed by atoms with van der Waals surface area (Å²) >= 11 is 0. The van der Waals surface area contributed by atoms with Crippen LogP contribution in [-0.4, -0.2) is 31.6 Å². The number of benzene rings is 1. The maximum absolute atomic E-state index is 12.0. The summed E-state index contributed by atoms with van der Waals surface area (Å²) in [5.74, 6) is -0.156. The van der Waals surface area contributed by atoms with Crippen molar-refractivity contribution in [1.82, 2.24) is 4.90 Å². The Morgan fingerprint density at radius 1 is 1.39 bits per heavy atom. The summed E-state index contributed by atoms with van der Waals surface area (Å²) in [7, 11) is 3.53. The lowest BCUT2D eigenvalue weighted by Gasteiger charge is -2.42. The fourth-order valence-electron chi connectivity index (χ4n) is 3.01. The molecule has 0 aliphatic carbocycles. The predicted molar refractivity (Wildman–Crippen MR) is 71.3 cm³/mol. The zero-order valence-corrected chi connectivity index (χ0v) is 11.6. The number of carbonyl (C=O) groups is 1. The number of hydrogen-bond acceptors (Lipinski definition) is 3. The zero-order chi connectivity index (χ0) is 13.3. The molecule has 18 heavy (non-hydrogen) atoms. The summed E-state index contributed by atoms with van der Waals surface area (Å²) in [5, 5.41) is 0. The Morgan fingerprint density at radius 2 is 2.06 bits per heavy atom. The van der Waals surface area contributed by atoms with Crippen LogP contribution >= 0.6 is 0 Å². The monoisotopic (exact) mass is 247 g/mol. The van der Waals surface area contributed by atoms with E-state index in [9.17, 15) is 4.79 Å². The third-order valence-corrected chi connectivity index (χ3v) is 3.92. The predicted octanol–water partition coefficient (Wildman–Crippen LogP) is 2.41. The standard InChI is InChI=1S/C15H21NO2/c1-15(2,14(17)18-4)13-12-8-6-5-7-11(12)9-10-16(13)3/h5-8,13H,9-10H2,1-4H3. The van der Waals surface area contributed by atoms with Crippen molar-refractivity contribution in [2.75, 3.05) is 20.7 Å². The van der Waals surface area contributed by atoms with Crippen molar-refractivity contribution in [3.05, 3.63) is 35.4 Å². The molecule has 1 aliphatic heterocycles. The molecule has 0 saturated heterocycles. The molecule has 0 N–H and O–H groups in total. The van der Waals surface area contributed by atoms with E-state index < -0.39 is 5.41 Å². The summed E-state index contributed by atoms with van der Waals surface area (Å²) in [6.07, 6.45) is 1.04. The van der Waals surface area contributed by atoms with Gasteiger partial charge in [0.15, 0.2) is 0 Å². The van der Waals surface area contributed by atoms with Crippen molar-refractivity contribution in [2.45, 2.75) is 26.3 Å². The maximum Gasteiger partial charge on any atom is 0.313 e. The van der Waals surface area contributed by atoms with Gasteiger partial charge >= 0.3 is 5.97 Å². The molecule has 98 valence electrons. The van der Waals surface area contributed by atoms with Crippen LogP contribution in [0.5, 0.6) is 0 Å². The van der Waals surface area contributed by atoms with Crippen LogP contribution in [0.3, 0.4) is 0 Å². The normalized spacial score (nSPS) is 20.3. The van der Waals surface area contributed by atoms with Crippen molar-refractivity contribution in [2.24, 2.45) is 5.41 Å². The molecule has 0 radical (unpaired) electrons. The van der Waals surface area contributed by atoms with E-state index in [4.69, 9.17) is 4.74 Å². The van der Waals surface area contributed by atoms with Crippen molar-refractivity contribution in [3.8, 4) is 0 Å².